The number of rotatable bonds is 6. The lowest BCUT2D eigenvalue weighted by Crippen LogP contribution is -2.22. The molecule has 9 nitrogen and oxygen atoms in total. The fourth-order valence-electron chi connectivity index (χ4n) is 2.18. The van der Waals surface area contributed by atoms with Crippen molar-refractivity contribution in [3.05, 3.63) is 30.7 Å². The molecule has 0 saturated carbocycles. The van der Waals surface area contributed by atoms with Crippen molar-refractivity contribution in [2.45, 2.75) is 6.54 Å². The van der Waals surface area contributed by atoms with Gasteiger partial charge >= 0.3 is 0 Å². The van der Waals surface area contributed by atoms with Crippen molar-refractivity contribution in [1.29, 1.82) is 0 Å². The molecule has 0 spiro atoms. The molecule has 2 aromatic heterocycles. The van der Waals surface area contributed by atoms with Crippen LogP contribution in [0.1, 0.15) is 0 Å². The molecular formula is C17H18N6O3S. The lowest BCUT2D eigenvalue weighted by atomic mass is 10.3. The van der Waals surface area contributed by atoms with Gasteiger partial charge in [-0.05, 0) is 18.2 Å². The van der Waals surface area contributed by atoms with Crippen molar-refractivity contribution >= 4 is 50.5 Å². The van der Waals surface area contributed by atoms with Crippen LogP contribution in [0.15, 0.2) is 35.7 Å². The standard InChI is InChI=1S/C17H18N6O3S/c1-22(2)16(25)8-19-14-7-18-10-23(14)9-15(24)21-17-20-12-5-4-11(26-3)6-13(12)27-17/h4-8,10H,9H2,1-3H3,(H,20,21,24). The van der Waals surface area contributed by atoms with Crippen molar-refractivity contribution in [2.24, 2.45) is 4.99 Å². The van der Waals surface area contributed by atoms with E-state index in [2.05, 4.69) is 20.3 Å². The van der Waals surface area contributed by atoms with Gasteiger partial charge in [0, 0.05) is 14.1 Å². The molecule has 0 saturated heterocycles. The van der Waals surface area contributed by atoms with Crippen LogP contribution in [-0.2, 0) is 16.1 Å². The average Bonchev–Trinajstić information content (AvgIpc) is 3.24. The Labute approximate surface area is 159 Å². The topological polar surface area (TPSA) is 102 Å². The van der Waals surface area contributed by atoms with Crippen LogP contribution in [0.5, 0.6) is 5.75 Å². The third-order valence-corrected chi connectivity index (χ3v) is 4.53. The summed E-state index contributed by atoms with van der Waals surface area (Å²) in [5.74, 6) is 0.623. The highest BCUT2D eigenvalue weighted by molar-refractivity contribution is 7.22. The van der Waals surface area contributed by atoms with Gasteiger partial charge in [-0.15, -0.1) is 0 Å². The number of amides is 2. The summed E-state index contributed by atoms with van der Waals surface area (Å²) in [5.41, 5.74) is 0.784. The first-order valence-electron chi connectivity index (χ1n) is 7.96. The first kappa shape index (κ1) is 18.5. The van der Waals surface area contributed by atoms with E-state index in [9.17, 15) is 9.59 Å². The number of carbonyl (C=O) groups excluding carboxylic acids is 2. The number of aromatic nitrogens is 3. The van der Waals surface area contributed by atoms with Gasteiger partial charge in [0.1, 0.15) is 12.3 Å². The van der Waals surface area contributed by atoms with E-state index in [4.69, 9.17) is 4.74 Å². The molecule has 2 amide bonds. The minimum absolute atomic E-state index is 0.00206. The number of anilines is 1. The van der Waals surface area contributed by atoms with Crippen LogP contribution in [0.2, 0.25) is 0 Å². The van der Waals surface area contributed by atoms with Gasteiger partial charge in [-0.25, -0.2) is 15.0 Å². The SMILES string of the molecule is COc1ccc2nc(NC(=O)Cn3cncc3N=CC(=O)N(C)C)sc2c1. The second kappa shape index (κ2) is 7.96. The smallest absolute Gasteiger partial charge is 0.264 e. The number of methoxy groups -OCH3 is 1. The number of nitrogens with zero attached hydrogens (tertiary/aromatic N) is 5. The molecule has 0 bridgehead atoms. The molecular weight excluding hydrogens is 368 g/mol. The Bertz CT molecular complexity index is 1010. The van der Waals surface area contributed by atoms with Gasteiger partial charge in [-0.1, -0.05) is 11.3 Å². The van der Waals surface area contributed by atoms with Crippen molar-refractivity contribution in [3.63, 3.8) is 0 Å². The van der Waals surface area contributed by atoms with Crippen molar-refractivity contribution in [2.75, 3.05) is 26.5 Å². The largest absolute Gasteiger partial charge is 0.497 e. The lowest BCUT2D eigenvalue weighted by Gasteiger charge is -2.06. The highest BCUT2D eigenvalue weighted by Gasteiger charge is 2.11. The summed E-state index contributed by atoms with van der Waals surface area (Å²) < 4.78 is 7.65. The summed E-state index contributed by atoms with van der Waals surface area (Å²) >= 11 is 1.36. The first-order valence-corrected chi connectivity index (χ1v) is 8.78. The predicted octanol–water partition coefficient (Wildman–Crippen LogP) is 1.93. The van der Waals surface area contributed by atoms with Gasteiger partial charge < -0.3 is 19.5 Å². The summed E-state index contributed by atoms with van der Waals surface area (Å²) in [4.78, 5) is 37.8. The molecule has 0 aliphatic carbocycles. The first-order chi connectivity index (χ1) is 13.0. The molecule has 0 radical (unpaired) electrons. The normalized spacial score (nSPS) is 11.1. The maximum atomic E-state index is 12.3. The van der Waals surface area contributed by atoms with Crippen molar-refractivity contribution < 1.29 is 14.3 Å². The Hall–Kier alpha value is -3.27. The summed E-state index contributed by atoms with van der Waals surface area (Å²) in [6.45, 7) is 0.00206. The monoisotopic (exact) mass is 386 g/mol. The number of carbonyl (C=O) groups is 2. The minimum Gasteiger partial charge on any atom is -0.497 e. The molecule has 140 valence electrons. The molecule has 0 unspecified atom stereocenters. The Morgan fingerprint density at radius 1 is 1.41 bits per heavy atom. The Kier molecular flexibility index (Phi) is 5.46. The molecule has 0 aliphatic rings. The minimum atomic E-state index is -0.269. The van der Waals surface area contributed by atoms with E-state index in [0.717, 1.165) is 16.0 Å². The molecule has 0 atom stereocenters. The molecule has 27 heavy (non-hydrogen) atoms. The zero-order valence-electron chi connectivity index (χ0n) is 15.0. The van der Waals surface area contributed by atoms with Crippen molar-refractivity contribution in [3.8, 4) is 5.75 Å². The van der Waals surface area contributed by atoms with Crippen LogP contribution in [0.25, 0.3) is 10.2 Å². The lowest BCUT2D eigenvalue weighted by molar-refractivity contribution is -0.121. The maximum absolute atomic E-state index is 12.3. The van der Waals surface area contributed by atoms with E-state index in [0.29, 0.717) is 10.9 Å². The number of thiazole rings is 1. The Balaban J connectivity index is 1.68. The van der Waals surface area contributed by atoms with Gasteiger partial charge in [-0.2, -0.15) is 0 Å². The number of hydrogen-bond donors (Lipinski definition) is 1. The van der Waals surface area contributed by atoms with Crippen LogP contribution in [-0.4, -0.2) is 58.7 Å². The molecule has 2 heterocycles. The second-order valence-corrected chi connectivity index (χ2v) is 6.80. The fourth-order valence-corrected chi connectivity index (χ4v) is 3.09. The predicted molar refractivity (Wildman–Crippen MR) is 104 cm³/mol. The van der Waals surface area contributed by atoms with Gasteiger partial charge in [-0.3, -0.25) is 9.59 Å². The molecule has 1 aromatic carbocycles. The number of benzene rings is 1. The van der Waals surface area contributed by atoms with E-state index in [-0.39, 0.29) is 18.4 Å². The number of hydrogen-bond acceptors (Lipinski definition) is 7. The van der Waals surface area contributed by atoms with E-state index in [1.807, 2.05) is 18.2 Å². The van der Waals surface area contributed by atoms with Crippen LogP contribution >= 0.6 is 11.3 Å². The van der Waals surface area contributed by atoms with Crippen LogP contribution in [0.3, 0.4) is 0 Å². The molecule has 0 aliphatic heterocycles. The Morgan fingerprint density at radius 3 is 2.96 bits per heavy atom. The Morgan fingerprint density at radius 2 is 2.22 bits per heavy atom. The van der Waals surface area contributed by atoms with Crippen LogP contribution < -0.4 is 10.1 Å². The summed E-state index contributed by atoms with van der Waals surface area (Å²) in [6.07, 6.45) is 4.15. The summed E-state index contributed by atoms with van der Waals surface area (Å²) in [7, 11) is 4.86. The number of ether oxygens (including phenoxy) is 1. The van der Waals surface area contributed by atoms with E-state index in [1.165, 1.54) is 35.0 Å². The molecule has 3 aromatic rings. The third-order valence-electron chi connectivity index (χ3n) is 3.59. The highest BCUT2D eigenvalue weighted by Crippen LogP contribution is 2.29. The molecule has 10 heteroatoms. The third kappa shape index (κ3) is 4.47. The van der Waals surface area contributed by atoms with E-state index < -0.39 is 0 Å². The fraction of sp³-hybridized carbons (Fsp3) is 0.235. The van der Waals surface area contributed by atoms with Gasteiger partial charge in [0.15, 0.2) is 10.9 Å². The molecule has 1 N–H and O–H groups in total. The van der Waals surface area contributed by atoms with Gasteiger partial charge in [0.05, 0.1) is 36.1 Å². The summed E-state index contributed by atoms with van der Waals surface area (Å²) in [6, 6.07) is 5.52. The van der Waals surface area contributed by atoms with Gasteiger partial charge in [0.2, 0.25) is 5.91 Å². The zero-order valence-corrected chi connectivity index (χ0v) is 15.9. The highest BCUT2D eigenvalue weighted by atomic mass is 32.1. The number of imidazole rings is 1. The van der Waals surface area contributed by atoms with Crippen LogP contribution in [0, 0.1) is 0 Å². The number of fused-ring (bicyclic) bond motifs is 1. The number of aliphatic imine (C=N–C) groups is 1. The second-order valence-electron chi connectivity index (χ2n) is 5.77. The molecule has 0 fully saturated rings. The van der Waals surface area contributed by atoms with Crippen LogP contribution in [0.4, 0.5) is 10.9 Å². The average molecular weight is 386 g/mol. The quantitative estimate of drug-likeness (QED) is 0.652. The maximum Gasteiger partial charge on any atom is 0.264 e. The van der Waals surface area contributed by atoms with Gasteiger partial charge in [0.25, 0.3) is 5.91 Å². The number of nitrogens with one attached hydrogen (secondary N) is 1. The van der Waals surface area contributed by atoms with E-state index in [1.54, 1.807) is 25.8 Å². The van der Waals surface area contributed by atoms with E-state index >= 15 is 0 Å². The van der Waals surface area contributed by atoms with Crippen molar-refractivity contribution in [1.82, 2.24) is 19.4 Å². The zero-order chi connectivity index (χ0) is 19.4. The summed E-state index contributed by atoms with van der Waals surface area (Å²) in [5, 5.41) is 3.27. The molecule has 3 rings (SSSR count).